The van der Waals surface area contributed by atoms with Gasteiger partial charge in [-0.1, -0.05) is 24.3 Å². The quantitative estimate of drug-likeness (QED) is 0.445. The van der Waals surface area contributed by atoms with Crippen LogP contribution in [0.3, 0.4) is 0 Å². The lowest BCUT2D eigenvalue weighted by atomic mass is 10.1. The van der Waals surface area contributed by atoms with Crippen LogP contribution < -0.4 is 0 Å². The Balaban J connectivity index is 2.61. The molecule has 1 aromatic rings. The number of carbonyl (C=O) groups excluding carboxylic acids is 2. The van der Waals surface area contributed by atoms with E-state index in [9.17, 15) is 9.59 Å². The number of esters is 1. The number of benzene rings is 1. The van der Waals surface area contributed by atoms with Gasteiger partial charge in [0.2, 0.25) is 0 Å². The van der Waals surface area contributed by atoms with Crippen molar-refractivity contribution in [3.63, 3.8) is 0 Å². The number of hydrogen-bond donors (Lipinski definition) is 0. The largest absolute Gasteiger partial charge is 0.466 e. The van der Waals surface area contributed by atoms with Crippen molar-refractivity contribution in [3.05, 3.63) is 35.4 Å². The number of Topliss-reactive ketones (excluding diaryl/α,β-unsaturated/α-hetero) is 1. The van der Waals surface area contributed by atoms with Gasteiger partial charge in [0.15, 0.2) is 5.78 Å². The molecule has 0 saturated heterocycles. The van der Waals surface area contributed by atoms with Gasteiger partial charge in [-0.15, -0.1) is 11.6 Å². The van der Waals surface area contributed by atoms with Crippen LogP contribution in [0, 0.1) is 0 Å². The molecule has 0 aliphatic rings. The summed E-state index contributed by atoms with van der Waals surface area (Å²) in [5, 5.41) is 0. The lowest BCUT2D eigenvalue weighted by Gasteiger charge is -2.03. The van der Waals surface area contributed by atoms with Gasteiger partial charge in [-0.3, -0.25) is 9.59 Å². The molecular formula is C13H15ClO3. The Morgan fingerprint density at radius 1 is 1.24 bits per heavy atom. The highest BCUT2D eigenvalue weighted by molar-refractivity contribution is 6.19. The summed E-state index contributed by atoms with van der Waals surface area (Å²) < 4.78 is 4.84. The zero-order valence-corrected chi connectivity index (χ0v) is 10.5. The van der Waals surface area contributed by atoms with Crippen molar-refractivity contribution in [1.82, 2.24) is 0 Å². The highest BCUT2D eigenvalue weighted by atomic mass is 35.5. The predicted octanol–water partition coefficient (Wildman–Crippen LogP) is 2.60. The van der Waals surface area contributed by atoms with Crippen LogP contribution in [0.4, 0.5) is 0 Å². The molecule has 17 heavy (non-hydrogen) atoms. The predicted molar refractivity (Wildman–Crippen MR) is 66.4 cm³/mol. The fraction of sp³-hybridized carbons (Fsp3) is 0.385. The molecule has 1 rings (SSSR count). The monoisotopic (exact) mass is 254 g/mol. The lowest BCUT2D eigenvalue weighted by Crippen LogP contribution is -2.07. The second-order valence-corrected chi connectivity index (χ2v) is 3.92. The number of rotatable bonds is 6. The Bertz CT molecular complexity index is 384. The first-order valence-corrected chi connectivity index (χ1v) is 6.04. The summed E-state index contributed by atoms with van der Waals surface area (Å²) in [6, 6.07) is 6.95. The molecule has 0 bridgehead atoms. The van der Waals surface area contributed by atoms with E-state index in [-0.39, 0.29) is 18.2 Å². The van der Waals surface area contributed by atoms with Crippen LogP contribution in [-0.4, -0.2) is 24.2 Å². The van der Waals surface area contributed by atoms with Gasteiger partial charge in [0.1, 0.15) is 0 Å². The molecule has 0 unspecified atom stereocenters. The van der Waals surface area contributed by atoms with Gasteiger partial charge >= 0.3 is 5.97 Å². The molecule has 1 aromatic carbocycles. The van der Waals surface area contributed by atoms with E-state index >= 15 is 0 Å². The minimum Gasteiger partial charge on any atom is -0.466 e. The van der Waals surface area contributed by atoms with E-state index in [0.717, 1.165) is 5.56 Å². The number of halogens is 1. The molecule has 0 aliphatic heterocycles. The molecular weight excluding hydrogens is 240 g/mol. The van der Waals surface area contributed by atoms with Crippen LogP contribution in [0.15, 0.2) is 24.3 Å². The first-order valence-electron chi connectivity index (χ1n) is 5.51. The summed E-state index contributed by atoms with van der Waals surface area (Å²) >= 11 is 5.50. The average Bonchev–Trinajstić information content (AvgIpc) is 2.30. The molecule has 0 aromatic heterocycles. The summed E-state index contributed by atoms with van der Waals surface area (Å²) in [6.07, 6.45) is 0.566. The van der Waals surface area contributed by atoms with Crippen molar-refractivity contribution in [3.8, 4) is 0 Å². The molecule has 4 heteroatoms. The van der Waals surface area contributed by atoms with Crippen LogP contribution in [0.5, 0.6) is 0 Å². The number of alkyl halides is 1. The number of hydrogen-bond acceptors (Lipinski definition) is 3. The van der Waals surface area contributed by atoms with Crippen LogP contribution in [0.1, 0.15) is 29.3 Å². The van der Waals surface area contributed by atoms with E-state index < -0.39 is 0 Å². The first kappa shape index (κ1) is 13.7. The van der Waals surface area contributed by atoms with E-state index in [4.69, 9.17) is 16.3 Å². The molecule has 0 aliphatic carbocycles. The maximum Gasteiger partial charge on any atom is 0.310 e. The Labute approximate surface area is 106 Å². The number of carbonyl (C=O) groups is 2. The Morgan fingerprint density at radius 3 is 2.41 bits per heavy atom. The van der Waals surface area contributed by atoms with Crippen molar-refractivity contribution in [1.29, 1.82) is 0 Å². The van der Waals surface area contributed by atoms with E-state index in [1.807, 2.05) is 0 Å². The molecule has 3 nitrogen and oxygen atoms in total. The van der Waals surface area contributed by atoms with Crippen LogP contribution >= 0.6 is 11.6 Å². The summed E-state index contributed by atoms with van der Waals surface area (Å²) in [4.78, 5) is 22.7. The Hall–Kier alpha value is -1.35. The first-order chi connectivity index (χ1) is 8.17. The SMILES string of the molecule is CCOC(=O)Cc1ccc(C(=O)CCCl)cc1. The van der Waals surface area contributed by atoms with Crippen molar-refractivity contribution >= 4 is 23.4 Å². The topological polar surface area (TPSA) is 43.4 Å². The zero-order valence-electron chi connectivity index (χ0n) is 9.74. The van der Waals surface area contributed by atoms with E-state index in [2.05, 4.69) is 0 Å². The molecule has 0 atom stereocenters. The summed E-state index contributed by atoms with van der Waals surface area (Å²) in [5.74, 6) is 0.0821. The second kappa shape index (κ2) is 7.07. The van der Waals surface area contributed by atoms with Crippen LogP contribution in [0.2, 0.25) is 0 Å². The Morgan fingerprint density at radius 2 is 1.88 bits per heavy atom. The standard InChI is InChI=1S/C13H15ClO3/c1-2-17-13(16)9-10-3-5-11(6-4-10)12(15)7-8-14/h3-6H,2,7-9H2,1H3. The number of ether oxygens (including phenoxy) is 1. The maximum atomic E-state index is 11.5. The third-order valence-corrected chi connectivity index (χ3v) is 2.44. The maximum absolute atomic E-state index is 11.5. The van der Waals surface area contributed by atoms with Crippen molar-refractivity contribution in [2.75, 3.05) is 12.5 Å². The van der Waals surface area contributed by atoms with Gasteiger partial charge in [-0.25, -0.2) is 0 Å². The average molecular weight is 255 g/mol. The van der Waals surface area contributed by atoms with Gasteiger partial charge in [0.05, 0.1) is 13.0 Å². The van der Waals surface area contributed by atoms with E-state index in [1.54, 1.807) is 31.2 Å². The molecule has 0 heterocycles. The molecule has 0 fully saturated rings. The molecule has 0 saturated carbocycles. The highest BCUT2D eigenvalue weighted by Gasteiger charge is 2.07. The smallest absolute Gasteiger partial charge is 0.310 e. The molecule has 0 spiro atoms. The zero-order chi connectivity index (χ0) is 12.7. The molecule has 0 N–H and O–H groups in total. The summed E-state index contributed by atoms with van der Waals surface area (Å²) in [7, 11) is 0. The summed E-state index contributed by atoms with van der Waals surface area (Å²) in [6.45, 7) is 2.15. The van der Waals surface area contributed by atoms with Gasteiger partial charge in [0.25, 0.3) is 0 Å². The van der Waals surface area contributed by atoms with Gasteiger partial charge in [0, 0.05) is 17.9 Å². The van der Waals surface area contributed by atoms with E-state index in [1.165, 1.54) is 0 Å². The lowest BCUT2D eigenvalue weighted by molar-refractivity contribution is -0.142. The fourth-order valence-corrected chi connectivity index (χ4v) is 1.59. The van der Waals surface area contributed by atoms with Gasteiger partial charge in [-0.05, 0) is 12.5 Å². The van der Waals surface area contributed by atoms with Gasteiger partial charge < -0.3 is 4.74 Å². The van der Waals surface area contributed by atoms with Gasteiger partial charge in [-0.2, -0.15) is 0 Å². The fourth-order valence-electron chi connectivity index (χ4n) is 1.42. The van der Waals surface area contributed by atoms with Crippen LogP contribution in [-0.2, 0) is 16.0 Å². The van der Waals surface area contributed by atoms with E-state index in [0.29, 0.717) is 24.5 Å². The normalized spacial score (nSPS) is 10.0. The number of ketones is 1. The van der Waals surface area contributed by atoms with Crippen molar-refractivity contribution in [2.45, 2.75) is 19.8 Å². The third-order valence-electron chi connectivity index (χ3n) is 2.25. The summed E-state index contributed by atoms with van der Waals surface area (Å²) in [5.41, 5.74) is 1.46. The van der Waals surface area contributed by atoms with Crippen molar-refractivity contribution in [2.24, 2.45) is 0 Å². The third kappa shape index (κ3) is 4.57. The van der Waals surface area contributed by atoms with Crippen LogP contribution in [0.25, 0.3) is 0 Å². The molecule has 0 radical (unpaired) electrons. The molecule has 0 amide bonds. The van der Waals surface area contributed by atoms with Crippen molar-refractivity contribution < 1.29 is 14.3 Å². The Kier molecular flexibility index (Phi) is 5.70. The molecule has 92 valence electrons. The minimum absolute atomic E-state index is 0.0164. The second-order valence-electron chi connectivity index (χ2n) is 3.54. The minimum atomic E-state index is -0.257. The highest BCUT2D eigenvalue weighted by Crippen LogP contribution is 2.08.